The summed E-state index contributed by atoms with van der Waals surface area (Å²) in [5.41, 5.74) is 2.51. The third-order valence-electron chi connectivity index (χ3n) is 5.77. The van der Waals surface area contributed by atoms with Gasteiger partial charge in [-0.05, 0) is 44.4 Å². The van der Waals surface area contributed by atoms with Crippen molar-refractivity contribution >= 4 is 11.6 Å². The van der Waals surface area contributed by atoms with Gasteiger partial charge in [0.25, 0.3) is 0 Å². The third kappa shape index (κ3) is 5.61. The van der Waals surface area contributed by atoms with Gasteiger partial charge in [0.2, 0.25) is 0 Å². The van der Waals surface area contributed by atoms with Crippen molar-refractivity contribution in [3.8, 4) is 0 Å². The van der Waals surface area contributed by atoms with Gasteiger partial charge in [0.1, 0.15) is 0 Å². The Balaban J connectivity index is 1.58. The Bertz CT molecular complexity index is 624. The van der Waals surface area contributed by atoms with Crippen molar-refractivity contribution in [3.63, 3.8) is 0 Å². The van der Waals surface area contributed by atoms with Gasteiger partial charge in [-0.2, -0.15) is 0 Å². The summed E-state index contributed by atoms with van der Waals surface area (Å²) < 4.78 is 5.44. The van der Waals surface area contributed by atoms with Crippen molar-refractivity contribution < 1.29 is 4.74 Å². The quantitative estimate of drug-likeness (QED) is 0.580. The van der Waals surface area contributed by atoms with E-state index in [-0.39, 0.29) is 0 Å². The Morgan fingerprint density at radius 1 is 1.18 bits per heavy atom. The average Bonchev–Trinajstić information content (AvgIpc) is 3.08. The second kappa shape index (κ2) is 10.1. The van der Waals surface area contributed by atoms with Gasteiger partial charge in [0.15, 0.2) is 5.96 Å². The molecule has 156 valence electrons. The molecule has 6 heteroatoms. The van der Waals surface area contributed by atoms with Crippen LogP contribution in [0.1, 0.15) is 33.3 Å². The van der Waals surface area contributed by atoms with E-state index in [0.717, 1.165) is 51.9 Å². The molecule has 2 heterocycles. The van der Waals surface area contributed by atoms with Crippen molar-refractivity contribution in [1.82, 2.24) is 15.5 Å². The SMILES string of the molecule is CCNC(=NCc1ccc(N2CCOCC2)cc1)NC1CN(C(C)C)CC1C. The lowest BCUT2D eigenvalue weighted by atomic mass is 10.1. The third-order valence-corrected chi connectivity index (χ3v) is 5.77. The summed E-state index contributed by atoms with van der Waals surface area (Å²) >= 11 is 0. The van der Waals surface area contributed by atoms with Crippen LogP contribution >= 0.6 is 0 Å². The van der Waals surface area contributed by atoms with Crippen molar-refractivity contribution in [2.75, 3.05) is 50.8 Å². The molecule has 2 aliphatic heterocycles. The van der Waals surface area contributed by atoms with Crippen LogP contribution in [-0.2, 0) is 11.3 Å². The predicted molar refractivity (Wildman–Crippen MR) is 117 cm³/mol. The number of nitrogens with zero attached hydrogens (tertiary/aromatic N) is 3. The van der Waals surface area contributed by atoms with Gasteiger partial charge in [-0.25, -0.2) is 4.99 Å². The lowest BCUT2D eigenvalue weighted by Crippen LogP contribution is -2.46. The number of morpholine rings is 1. The highest BCUT2D eigenvalue weighted by Gasteiger charge is 2.31. The molecule has 1 aromatic rings. The molecule has 2 fully saturated rings. The van der Waals surface area contributed by atoms with Crippen LogP contribution in [-0.4, -0.2) is 68.9 Å². The molecular weight excluding hydrogens is 350 g/mol. The smallest absolute Gasteiger partial charge is 0.191 e. The standard InChI is InChI=1S/C22H37N5O/c1-5-23-22(25-21-16-27(17(2)3)15-18(21)4)24-14-19-6-8-20(9-7-19)26-10-12-28-13-11-26/h6-9,17-18,21H,5,10-16H2,1-4H3,(H2,23,24,25). The Morgan fingerprint density at radius 2 is 1.89 bits per heavy atom. The zero-order chi connectivity index (χ0) is 19.9. The van der Waals surface area contributed by atoms with Crippen LogP contribution in [0.5, 0.6) is 0 Å². The number of ether oxygens (including phenoxy) is 1. The molecule has 0 bridgehead atoms. The van der Waals surface area contributed by atoms with Gasteiger partial charge in [0.05, 0.1) is 19.8 Å². The minimum Gasteiger partial charge on any atom is -0.378 e. The van der Waals surface area contributed by atoms with Crippen molar-refractivity contribution in [3.05, 3.63) is 29.8 Å². The lowest BCUT2D eigenvalue weighted by molar-refractivity contribution is 0.122. The van der Waals surface area contributed by atoms with Crippen LogP contribution in [0, 0.1) is 5.92 Å². The molecule has 2 unspecified atom stereocenters. The number of benzene rings is 1. The number of guanidine groups is 1. The summed E-state index contributed by atoms with van der Waals surface area (Å²) in [6, 6.07) is 9.84. The fraction of sp³-hybridized carbons (Fsp3) is 0.682. The monoisotopic (exact) mass is 387 g/mol. The molecule has 0 radical (unpaired) electrons. The van der Waals surface area contributed by atoms with E-state index in [0.29, 0.717) is 24.5 Å². The summed E-state index contributed by atoms with van der Waals surface area (Å²) in [5, 5.41) is 7.07. The number of rotatable bonds is 6. The van der Waals surface area contributed by atoms with E-state index in [1.54, 1.807) is 0 Å². The molecule has 0 spiro atoms. The first-order valence-corrected chi connectivity index (χ1v) is 10.8. The minimum absolute atomic E-state index is 0.448. The molecule has 6 nitrogen and oxygen atoms in total. The molecule has 0 amide bonds. The van der Waals surface area contributed by atoms with Crippen LogP contribution in [0.2, 0.25) is 0 Å². The highest BCUT2D eigenvalue weighted by atomic mass is 16.5. The summed E-state index contributed by atoms with van der Waals surface area (Å²) in [7, 11) is 0. The van der Waals surface area contributed by atoms with E-state index in [4.69, 9.17) is 9.73 Å². The highest BCUT2D eigenvalue weighted by Crippen LogP contribution is 2.19. The Morgan fingerprint density at radius 3 is 2.50 bits per heavy atom. The van der Waals surface area contributed by atoms with Crippen molar-refractivity contribution in [2.45, 2.75) is 46.3 Å². The fourth-order valence-corrected chi connectivity index (χ4v) is 3.91. The zero-order valence-corrected chi connectivity index (χ0v) is 17.9. The van der Waals surface area contributed by atoms with Crippen LogP contribution in [0.4, 0.5) is 5.69 Å². The van der Waals surface area contributed by atoms with Crippen molar-refractivity contribution in [2.24, 2.45) is 10.9 Å². The molecule has 2 N–H and O–H groups in total. The Labute approximate surface area is 170 Å². The van der Waals surface area contributed by atoms with Gasteiger partial charge in [0, 0.05) is 50.5 Å². The van der Waals surface area contributed by atoms with Crippen molar-refractivity contribution in [1.29, 1.82) is 0 Å². The first kappa shape index (κ1) is 20.9. The second-order valence-corrected chi connectivity index (χ2v) is 8.24. The first-order valence-electron chi connectivity index (χ1n) is 10.8. The lowest BCUT2D eigenvalue weighted by Gasteiger charge is -2.28. The van der Waals surface area contributed by atoms with E-state index in [1.807, 2.05) is 0 Å². The highest BCUT2D eigenvalue weighted by molar-refractivity contribution is 5.80. The first-order chi connectivity index (χ1) is 13.6. The van der Waals surface area contributed by atoms with Gasteiger partial charge < -0.3 is 20.3 Å². The molecule has 0 aliphatic carbocycles. The average molecular weight is 388 g/mol. The van der Waals surface area contributed by atoms with Gasteiger partial charge >= 0.3 is 0 Å². The molecule has 28 heavy (non-hydrogen) atoms. The maximum atomic E-state index is 5.44. The van der Waals surface area contributed by atoms with Crippen LogP contribution in [0.25, 0.3) is 0 Å². The van der Waals surface area contributed by atoms with E-state index in [1.165, 1.54) is 11.3 Å². The summed E-state index contributed by atoms with van der Waals surface area (Å²) in [6.07, 6.45) is 0. The normalized spacial score (nSPS) is 24.0. The molecule has 3 rings (SSSR count). The summed E-state index contributed by atoms with van der Waals surface area (Å²) in [4.78, 5) is 9.75. The second-order valence-electron chi connectivity index (χ2n) is 8.24. The predicted octanol–water partition coefficient (Wildman–Crippen LogP) is 2.31. The van der Waals surface area contributed by atoms with E-state index < -0.39 is 0 Å². The Hall–Kier alpha value is -1.79. The largest absolute Gasteiger partial charge is 0.378 e. The molecule has 2 aliphatic rings. The van der Waals surface area contributed by atoms with Crippen LogP contribution < -0.4 is 15.5 Å². The summed E-state index contributed by atoms with van der Waals surface area (Å²) in [5.74, 6) is 1.54. The molecule has 1 aromatic carbocycles. The number of nitrogens with one attached hydrogen (secondary N) is 2. The molecule has 2 atom stereocenters. The zero-order valence-electron chi connectivity index (χ0n) is 17.9. The number of hydrogen-bond donors (Lipinski definition) is 2. The maximum Gasteiger partial charge on any atom is 0.191 e. The fourth-order valence-electron chi connectivity index (χ4n) is 3.91. The van der Waals surface area contributed by atoms with Crippen LogP contribution in [0.15, 0.2) is 29.3 Å². The van der Waals surface area contributed by atoms with Gasteiger partial charge in [-0.3, -0.25) is 4.90 Å². The Kier molecular flexibility index (Phi) is 7.57. The van der Waals surface area contributed by atoms with E-state index in [9.17, 15) is 0 Å². The summed E-state index contributed by atoms with van der Waals surface area (Å²) in [6.45, 7) is 16.4. The number of anilines is 1. The maximum absolute atomic E-state index is 5.44. The minimum atomic E-state index is 0.448. The van der Waals surface area contributed by atoms with E-state index in [2.05, 4.69) is 72.4 Å². The molecule has 0 aromatic heterocycles. The van der Waals surface area contributed by atoms with E-state index >= 15 is 0 Å². The number of likely N-dealkylation sites (tertiary alicyclic amines) is 1. The molecule has 2 saturated heterocycles. The number of aliphatic imine (C=N–C) groups is 1. The van der Waals surface area contributed by atoms with Gasteiger partial charge in [-0.1, -0.05) is 19.1 Å². The van der Waals surface area contributed by atoms with Crippen LogP contribution in [0.3, 0.4) is 0 Å². The van der Waals surface area contributed by atoms with Gasteiger partial charge in [-0.15, -0.1) is 0 Å². The number of hydrogen-bond acceptors (Lipinski definition) is 4. The molecule has 0 saturated carbocycles. The molecular formula is C22H37N5O. The topological polar surface area (TPSA) is 52.1 Å².